The van der Waals surface area contributed by atoms with Crippen LogP contribution in [-0.2, 0) is 0 Å². The summed E-state index contributed by atoms with van der Waals surface area (Å²) in [6.07, 6.45) is 3.40. The van der Waals surface area contributed by atoms with Crippen molar-refractivity contribution in [3.63, 3.8) is 0 Å². The standard InChI is InChI=1S/C28H26N4O3/c1-19-9-2-6-14-26(19)35-27-15-7-4-12-23(27)31-28(34)32-24(21-11-3-5-13-25(21)33)17-22(29)20-10-8-16-30-18-20/h2-16,18,24,29,33H,17H2,1H3,(H2,31,32,34). The van der Waals surface area contributed by atoms with E-state index in [2.05, 4.69) is 15.6 Å². The zero-order valence-corrected chi connectivity index (χ0v) is 19.2. The van der Waals surface area contributed by atoms with Crippen molar-refractivity contribution in [1.82, 2.24) is 10.3 Å². The van der Waals surface area contributed by atoms with Crippen LogP contribution in [0.15, 0.2) is 97.3 Å². The Hall–Kier alpha value is -4.65. The van der Waals surface area contributed by atoms with Gasteiger partial charge in [-0.2, -0.15) is 0 Å². The number of anilines is 1. The second-order valence-corrected chi connectivity index (χ2v) is 8.00. The molecule has 0 saturated heterocycles. The summed E-state index contributed by atoms with van der Waals surface area (Å²) in [4.78, 5) is 17.1. The number of para-hydroxylation sites is 4. The fourth-order valence-electron chi connectivity index (χ4n) is 3.65. The first-order chi connectivity index (χ1) is 17.0. The summed E-state index contributed by atoms with van der Waals surface area (Å²) in [6, 6.07) is 24.0. The minimum Gasteiger partial charge on any atom is -0.508 e. The molecule has 0 bridgehead atoms. The number of phenolic OH excluding ortho intramolecular Hbond substituents is 1. The average Bonchev–Trinajstić information content (AvgIpc) is 2.87. The number of benzene rings is 3. The van der Waals surface area contributed by atoms with Crippen LogP contribution in [0.2, 0.25) is 0 Å². The molecule has 1 aromatic heterocycles. The summed E-state index contributed by atoms with van der Waals surface area (Å²) < 4.78 is 6.05. The Labute approximate surface area is 204 Å². The molecule has 1 atom stereocenters. The van der Waals surface area contributed by atoms with Crippen molar-refractivity contribution < 1.29 is 14.6 Å². The topological polar surface area (TPSA) is 107 Å². The molecule has 7 nitrogen and oxygen atoms in total. The zero-order valence-electron chi connectivity index (χ0n) is 19.2. The van der Waals surface area contributed by atoms with E-state index in [1.54, 1.807) is 67.0 Å². The monoisotopic (exact) mass is 466 g/mol. The summed E-state index contributed by atoms with van der Waals surface area (Å²) in [5.74, 6) is 1.23. The number of ether oxygens (including phenoxy) is 1. The molecule has 0 aliphatic carbocycles. The quantitative estimate of drug-likeness (QED) is 0.232. The molecule has 1 heterocycles. The number of carbonyl (C=O) groups excluding carboxylic acids is 1. The molecule has 35 heavy (non-hydrogen) atoms. The van der Waals surface area contributed by atoms with Crippen molar-refractivity contribution in [1.29, 1.82) is 5.41 Å². The number of urea groups is 1. The third kappa shape index (κ3) is 6.03. The second kappa shape index (κ2) is 11.0. The number of amides is 2. The van der Waals surface area contributed by atoms with Crippen LogP contribution < -0.4 is 15.4 Å². The lowest BCUT2D eigenvalue weighted by molar-refractivity contribution is 0.248. The average molecular weight is 467 g/mol. The molecule has 4 aromatic rings. The van der Waals surface area contributed by atoms with Gasteiger partial charge in [0.25, 0.3) is 0 Å². The molecule has 3 aromatic carbocycles. The van der Waals surface area contributed by atoms with Gasteiger partial charge < -0.3 is 25.9 Å². The van der Waals surface area contributed by atoms with Crippen molar-refractivity contribution in [3.8, 4) is 17.2 Å². The molecule has 0 aliphatic rings. The minimum atomic E-state index is -0.645. The van der Waals surface area contributed by atoms with Crippen LogP contribution in [0.5, 0.6) is 17.2 Å². The molecule has 0 aliphatic heterocycles. The molecule has 0 radical (unpaired) electrons. The van der Waals surface area contributed by atoms with Gasteiger partial charge in [-0.15, -0.1) is 0 Å². The normalized spacial score (nSPS) is 11.3. The maximum absolute atomic E-state index is 13.1. The molecule has 0 spiro atoms. The highest BCUT2D eigenvalue weighted by atomic mass is 16.5. The van der Waals surface area contributed by atoms with Crippen LogP contribution in [-0.4, -0.2) is 21.8 Å². The third-order valence-electron chi connectivity index (χ3n) is 5.48. The number of carbonyl (C=O) groups is 1. The molecule has 1 unspecified atom stereocenters. The van der Waals surface area contributed by atoms with Crippen molar-refractivity contribution in [2.24, 2.45) is 0 Å². The summed E-state index contributed by atoms with van der Waals surface area (Å²) in [6.45, 7) is 1.95. The first-order valence-corrected chi connectivity index (χ1v) is 11.2. The Morgan fingerprint density at radius 2 is 1.69 bits per heavy atom. The molecule has 0 saturated carbocycles. The van der Waals surface area contributed by atoms with Crippen LogP contribution >= 0.6 is 0 Å². The number of hydrogen-bond donors (Lipinski definition) is 4. The summed E-state index contributed by atoms with van der Waals surface area (Å²) in [5.41, 5.74) is 2.91. The first kappa shape index (κ1) is 23.5. The second-order valence-electron chi connectivity index (χ2n) is 8.00. The molecule has 7 heteroatoms. The molecular weight excluding hydrogens is 440 g/mol. The van der Waals surface area contributed by atoms with E-state index in [4.69, 9.17) is 10.1 Å². The van der Waals surface area contributed by atoms with Crippen molar-refractivity contribution in [2.75, 3.05) is 5.32 Å². The van der Waals surface area contributed by atoms with E-state index in [9.17, 15) is 9.90 Å². The number of rotatable bonds is 8. The van der Waals surface area contributed by atoms with Gasteiger partial charge in [-0.05, 0) is 42.8 Å². The van der Waals surface area contributed by atoms with Gasteiger partial charge in [-0.1, -0.05) is 54.6 Å². The largest absolute Gasteiger partial charge is 0.508 e. The predicted octanol–water partition coefficient (Wildman–Crippen LogP) is 6.21. The van der Waals surface area contributed by atoms with E-state index >= 15 is 0 Å². The van der Waals surface area contributed by atoms with Gasteiger partial charge in [0, 0.05) is 35.7 Å². The van der Waals surface area contributed by atoms with Crippen LogP contribution in [0.3, 0.4) is 0 Å². The molecular formula is C28H26N4O3. The fraction of sp³-hybridized carbons (Fsp3) is 0.107. The number of aromatic hydroxyl groups is 1. The van der Waals surface area contributed by atoms with Gasteiger partial charge in [0.2, 0.25) is 0 Å². The number of nitrogens with one attached hydrogen (secondary N) is 3. The number of pyridine rings is 1. The van der Waals surface area contributed by atoms with Crippen LogP contribution in [0, 0.1) is 12.3 Å². The van der Waals surface area contributed by atoms with Gasteiger partial charge in [0.15, 0.2) is 5.75 Å². The predicted molar refractivity (Wildman–Crippen MR) is 136 cm³/mol. The molecule has 0 fully saturated rings. The van der Waals surface area contributed by atoms with E-state index in [1.165, 1.54) is 0 Å². The Morgan fingerprint density at radius 1 is 0.971 bits per heavy atom. The maximum atomic E-state index is 13.1. The van der Waals surface area contributed by atoms with Crippen LogP contribution in [0.4, 0.5) is 10.5 Å². The van der Waals surface area contributed by atoms with E-state index in [-0.39, 0.29) is 17.9 Å². The number of aryl methyl sites for hydroxylation is 1. The van der Waals surface area contributed by atoms with E-state index in [0.717, 1.165) is 5.56 Å². The highest BCUT2D eigenvalue weighted by Gasteiger charge is 2.21. The summed E-state index contributed by atoms with van der Waals surface area (Å²) >= 11 is 0. The maximum Gasteiger partial charge on any atom is 0.319 e. The van der Waals surface area contributed by atoms with Gasteiger partial charge >= 0.3 is 6.03 Å². The van der Waals surface area contributed by atoms with Gasteiger partial charge in [0.1, 0.15) is 11.5 Å². The lowest BCUT2D eigenvalue weighted by atomic mass is 9.97. The highest BCUT2D eigenvalue weighted by Crippen LogP contribution is 2.32. The first-order valence-electron chi connectivity index (χ1n) is 11.2. The van der Waals surface area contributed by atoms with Crippen molar-refractivity contribution in [2.45, 2.75) is 19.4 Å². The molecule has 4 N–H and O–H groups in total. The Balaban J connectivity index is 1.53. The number of aromatic nitrogens is 1. The third-order valence-corrected chi connectivity index (χ3v) is 5.48. The van der Waals surface area contributed by atoms with Gasteiger partial charge in [-0.3, -0.25) is 4.98 Å². The van der Waals surface area contributed by atoms with Crippen molar-refractivity contribution in [3.05, 3.63) is 114 Å². The Morgan fingerprint density at radius 3 is 2.43 bits per heavy atom. The zero-order chi connectivity index (χ0) is 24.6. The Bertz CT molecular complexity index is 1320. The molecule has 2 amide bonds. The SMILES string of the molecule is Cc1ccccc1Oc1ccccc1NC(=O)NC(CC(=N)c1cccnc1)c1ccccc1O. The van der Waals surface area contributed by atoms with Crippen LogP contribution in [0.25, 0.3) is 0 Å². The van der Waals surface area contributed by atoms with Crippen molar-refractivity contribution >= 4 is 17.4 Å². The lowest BCUT2D eigenvalue weighted by Gasteiger charge is -2.21. The smallest absolute Gasteiger partial charge is 0.319 e. The minimum absolute atomic E-state index is 0.0417. The van der Waals surface area contributed by atoms with E-state index < -0.39 is 12.1 Å². The Kier molecular flexibility index (Phi) is 7.37. The number of hydrogen-bond acceptors (Lipinski definition) is 5. The van der Waals surface area contributed by atoms with Gasteiger partial charge in [0.05, 0.1) is 11.7 Å². The number of nitrogens with zero attached hydrogens (tertiary/aromatic N) is 1. The van der Waals surface area contributed by atoms with E-state index in [0.29, 0.717) is 28.3 Å². The van der Waals surface area contributed by atoms with E-state index in [1.807, 2.05) is 37.3 Å². The summed E-state index contributed by atoms with van der Waals surface area (Å²) in [7, 11) is 0. The highest BCUT2D eigenvalue weighted by molar-refractivity contribution is 5.99. The lowest BCUT2D eigenvalue weighted by Crippen LogP contribution is -2.34. The van der Waals surface area contributed by atoms with Crippen LogP contribution in [0.1, 0.15) is 29.2 Å². The van der Waals surface area contributed by atoms with Gasteiger partial charge in [-0.25, -0.2) is 4.79 Å². The summed E-state index contributed by atoms with van der Waals surface area (Å²) in [5, 5.41) is 24.7. The number of phenols is 1. The molecule has 176 valence electrons. The fourth-order valence-corrected chi connectivity index (χ4v) is 3.65. The molecule has 4 rings (SSSR count).